The van der Waals surface area contributed by atoms with Crippen molar-refractivity contribution in [3.05, 3.63) is 108 Å². The first kappa shape index (κ1) is 25.0. The summed E-state index contributed by atoms with van der Waals surface area (Å²) < 4.78 is 26.9. The van der Waals surface area contributed by atoms with E-state index in [1.807, 2.05) is 30.3 Å². The van der Waals surface area contributed by atoms with Crippen LogP contribution >= 0.6 is 0 Å². The third-order valence-corrected chi connectivity index (χ3v) is 6.35. The van der Waals surface area contributed by atoms with E-state index in [-0.39, 0.29) is 11.6 Å². The summed E-state index contributed by atoms with van der Waals surface area (Å²) >= 11 is 0. The highest BCUT2D eigenvalue weighted by molar-refractivity contribution is 5.79. The van der Waals surface area contributed by atoms with Gasteiger partial charge in [-0.1, -0.05) is 48.5 Å². The molecule has 0 aliphatic carbocycles. The molecule has 3 aromatic rings. The summed E-state index contributed by atoms with van der Waals surface area (Å²) in [6.07, 6.45) is 2.58. The van der Waals surface area contributed by atoms with Gasteiger partial charge in [0.25, 0.3) is 0 Å². The number of hydrogen-bond donors (Lipinski definition) is 2. The summed E-state index contributed by atoms with van der Waals surface area (Å²) in [6, 6.07) is 22.8. The van der Waals surface area contributed by atoms with Crippen LogP contribution in [0.2, 0.25) is 0 Å². The molecule has 184 valence electrons. The summed E-state index contributed by atoms with van der Waals surface area (Å²) in [5.74, 6) is -0.544. The zero-order chi connectivity index (χ0) is 24.5. The Kier molecular flexibility index (Phi) is 9.01. The second-order valence-electron chi connectivity index (χ2n) is 8.96. The van der Waals surface area contributed by atoms with Gasteiger partial charge < -0.3 is 15.3 Å². The van der Waals surface area contributed by atoms with Crippen LogP contribution in [-0.2, 0) is 0 Å². The number of hydrogen-bond acceptors (Lipinski definition) is 4. The number of aliphatic hydroxyl groups is 1. The van der Waals surface area contributed by atoms with Gasteiger partial charge in [0.15, 0.2) is 0 Å². The molecule has 0 saturated carbocycles. The minimum atomic E-state index is -0.418. The van der Waals surface area contributed by atoms with Crippen LogP contribution in [0.5, 0.6) is 0 Å². The topological polar surface area (TPSA) is 38.7 Å². The zero-order valence-corrected chi connectivity index (χ0v) is 19.9. The normalized spacial score (nSPS) is 15.5. The molecule has 0 bridgehead atoms. The molecule has 2 N–H and O–H groups in total. The SMILES string of the molecule is OC(CNc1ccccc1)CN1CCN(CCC=C(c2ccc(F)cc2)c2ccc(F)cc2)CC1. The van der Waals surface area contributed by atoms with Crippen molar-refractivity contribution < 1.29 is 13.9 Å². The van der Waals surface area contributed by atoms with Crippen LogP contribution in [0.25, 0.3) is 5.57 Å². The maximum absolute atomic E-state index is 13.4. The van der Waals surface area contributed by atoms with Gasteiger partial charge >= 0.3 is 0 Å². The fourth-order valence-corrected chi connectivity index (χ4v) is 4.40. The summed E-state index contributed by atoms with van der Waals surface area (Å²) in [7, 11) is 0. The highest BCUT2D eigenvalue weighted by Crippen LogP contribution is 2.25. The minimum Gasteiger partial charge on any atom is -0.390 e. The van der Waals surface area contributed by atoms with Crippen LogP contribution in [0.15, 0.2) is 84.9 Å². The highest BCUT2D eigenvalue weighted by atomic mass is 19.1. The third-order valence-electron chi connectivity index (χ3n) is 6.35. The molecule has 4 nitrogen and oxygen atoms in total. The predicted molar refractivity (Wildman–Crippen MR) is 138 cm³/mol. The van der Waals surface area contributed by atoms with Crippen molar-refractivity contribution in [1.29, 1.82) is 0 Å². The number of nitrogens with one attached hydrogen (secondary N) is 1. The first-order chi connectivity index (χ1) is 17.1. The maximum Gasteiger partial charge on any atom is 0.123 e. The largest absolute Gasteiger partial charge is 0.390 e. The Bertz CT molecular complexity index is 1020. The Morgan fingerprint density at radius 2 is 1.34 bits per heavy atom. The summed E-state index contributed by atoms with van der Waals surface area (Å²) in [5, 5.41) is 13.7. The summed E-state index contributed by atoms with van der Waals surface area (Å²) in [5.41, 5.74) is 3.84. The second-order valence-corrected chi connectivity index (χ2v) is 8.96. The van der Waals surface area contributed by atoms with Crippen LogP contribution in [0, 0.1) is 11.6 Å². The molecule has 1 heterocycles. The Labute approximate surface area is 206 Å². The smallest absolute Gasteiger partial charge is 0.123 e. The van der Waals surface area contributed by atoms with Gasteiger partial charge in [-0.2, -0.15) is 0 Å². The molecule has 3 aromatic carbocycles. The molecule has 1 atom stereocenters. The monoisotopic (exact) mass is 477 g/mol. The number of piperazine rings is 1. The molecule has 1 aliphatic heterocycles. The molecule has 0 radical (unpaired) electrons. The minimum absolute atomic E-state index is 0.272. The van der Waals surface area contributed by atoms with E-state index in [4.69, 9.17) is 0 Å². The van der Waals surface area contributed by atoms with Crippen molar-refractivity contribution in [2.45, 2.75) is 12.5 Å². The number of rotatable bonds is 10. The van der Waals surface area contributed by atoms with Crippen LogP contribution in [0.1, 0.15) is 17.5 Å². The van der Waals surface area contributed by atoms with Gasteiger partial charge in [0.1, 0.15) is 11.6 Å². The number of benzene rings is 3. The van der Waals surface area contributed by atoms with Crippen LogP contribution in [0.4, 0.5) is 14.5 Å². The van der Waals surface area contributed by atoms with Gasteiger partial charge in [-0.3, -0.25) is 4.90 Å². The molecule has 1 aliphatic rings. The number of halogens is 2. The van der Waals surface area contributed by atoms with E-state index < -0.39 is 6.10 Å². The van der Waals surface area contributed by atoms with E-state index in [9.17, 15) is 13.9 Å². The van der Waals surface area contributed by atoms with Crippen molar-refractivity contribution in [3.8, 4) is 0 Å². The first-order valence-electron chi connectivity index (χ1n) is 12.2. The Morgan fingerprint density at radius 3 is 1.91 bits per heavy atom. The number of β-amino-alcohol motifs (C(OH)–C–C–N with tert-alkyl or cyclic N) is 1. The molecule has 35 heavy (non-hydrogen) atoms. The van der Waals surface area contributed by atoms with Crippen LogP contribution < -0.4 is 5.32 Å². The molecule has 6 heteroatoms. The Balaban J connectivity index is 1.26. The second kappa shape index (κ2) is 12.6. The van der Waals surface area contributed by atoms with Crippen LogP contribution in [-0.4, -0.2) is 66.8 Å². The van der Waals surface area contributed by atoms with Crippen molar-refractivity contribution in [1.82, 2.24) is 9.80 Å². The van der Waals surface area contributed by atoms with Gasteiger partial charge in [0.2, 0.25) is 0 Å². The van der Waals surface area contributed by atoms with Gasteiger partial charge in [-0.05, 0) is 59.5 Å². The molecular formula is C29H33F2N3O. The lowest BCUT2D eigenvalue weighted by atomic mass is 9.96. The zero-order valence-electron chi connectivity index (χ0n) is 19.9. The van der Waals surface area contributed by atoms with Crippen molar-refractivity contribution in [2.24, 2.45) is 0 Å². The van der Waals surface area contributed by atoms with Crippen molar-refractivity contribution in [2.75, 3.05) is 51.1 Å². The number of nitrogens with zero attached hydrogens (tertiary/aromatic N) is 2. The van der Waals surface area contributed by atoms with Gasteiger partial charge in [-0.25, -0.2) is 8.78 Å². The van der Waals surface area contributed by atoms with E-state index in [2.05, 4.69) is 21.2 Å². The maximum atomic E-state index is 13.4. The number of para-hydroxylation sites is 1. The first-order valence-corrected chi connectivity index (χ1v) is 12.2. The lowest BCUT2D eigenvalue weighted by Gasteiger charge is -2.35. The molecule has 4 rings (SSSR count). The Hall–Kier alpha value is -3.06. The molecular weight excluding hydrogens is 444 g/mol. The highest BCUT2D eigenvalue weighted by Gasteiger charge is 2.19. The molecule has 1 fully saturated rings. The number of aliphatic hydroxyl groups excluding tert-OH is 1. The Morgan fingerprint density at radius 1 is 0.800 bits per heavy atom. The summed E-state index contributed by atoms with van der Waals surface area (Å²) in [6.45, 7) is 5.86. The lowest BCUT2D eigenvalue weighted by Crippen LogP contribution is -2.49. The standard InChI is InChI=1S/C29H33F2N3O/c30-25-12-8-23(9-13-25)29(24-10-14-26(31)15-11-24)7-4-16-33-17-19-34(20-18-33)22-28(35)21-32-27-5-2-1-3-6-27/h1-3,5-15,28,32,35H,4,16-22H2. The van der Waals surface area contributed by atoms with E-state index in [1.54, 1.807) is 24.3 Å². The fourth-order valence-electron chi connectivity index (χ4n) is 4.40. The fraction of sp³-hybridized carbons (Fsp3) is 0.310. The number of anilines is 1. The van der Waals surface area contributed by atoms with E-state index in [0.29, 0.717) is 13.1 Å². The molecule has 0 spiro atoms. The van der Waals surface area contributed by atoms with E-state index in [0.717, 1.165) is 61.5 Å². The molecule has 1 saturated heterocycles. The molecule has 0 amide bonds. The van der Waals surface area contributed by atoms with E-state index >= 15 is 0 Å². The van der Waals surface area contributed by atoms with Crippen molar-refractivity contribution in [3.63, 3.8) is 0 Å². The predicted octanol–water partition coefficient (Wildman–Crippen LogP) is 4.88. The van der Waals surface area contributed by atoms with Gasteiger partial charge in [0.05, 0.1) is 6.10 Å². The quantitative estimate of drug-likeness (QED) is 0.437. The van der Waals surface area contributed by atoms with Gasteiger partial charge in [-0.15, -0.1) is 0 Å². The van der Waals surface area contributed by atoms with Gasteiger partial charge in [0, 0.05) is 51.5 Å². The third kappa shape index (κ3) is 7.72. The average Bonchev–Trinajstić information content (AvgIpc) is 2.88. The summed E-state index contributed by atoms with van der Waals surface area (Å²) in [4.78, 5) is 4.74. The lowest BCUT2D eigenvalue weighted by molar-refractivity contribution is 0.0789. The average molecular weight is 478 g/mol. The molecule has 0 aromatic heterocycles. The molecule has 1 unspecified atom stereocenters. The van der Waals surface area contributed by atoms with Crippen molar-refractivity contribution >= 4 is 11.3 Å². The van der Waals surface area contributed by atoms with E-state index in [1.165, 1.54) is 24.3 Å². The van der Waals surface area contributed by atoms with Crippen LogP contribution in [0.3, 0.4) is 0 Å².